The molecule has 1 aromatic heterocycles. The van der Waals surface area contributed by atoms with Gasteiger partial charge in [0.2, 0.25) is 0 Å². The van der Waals surface area contributed by atoms with Gasteiger partial charge in [-0.3, -0.25) is 4.79 Å². The number of carbonyl (C=O) groups is 1. The van der Waals surface area contributed by atoms with Crippen molar-refractivity contribution in [3.05, 3.63) is 41.7 Å². The molecule has 0 unspecified atom stereocenters. The fourth-order valence-electron chi connectivity index (χ4n) is 2.68. The van der Waals surface area contributed by atoms with Crippen molar-refractivity contribution in [1.82, 2.24) is 5.43 Å². The van der Waals surface area contributed by atoms with Crippen molar-refractivity contribution in [3.8, 4) is 0 Å². The van der Waals surface area contributed by atoms with Gasteiger partial charge in [0.1, 0.15) is 12.6 Å². The van der Waals surface area contributed by atoms with Gasteiger partial charge in [0.15, 0.2) is 12.4 Å². The molecule has 0 aliphatic heterocycles. The van der Waals surface area contributed by atoms with E-state index in [4.69, 9.17) is 0 Å². The lowest BCUT2D eigenvalue weighted by molar-refractivity contribution is -0.671. The molecule has 1 N–H and O–H groups in total. The minimum atomic E-state index is -0.178. The monoisotopic (exact) mass is 272 g/mol. The van der Waals surface area contributed by atoms with Crippen LogP contribution in [0.5, 0.6) is 0 Å². The van der Waals surface area contributed by atoms with E-state index in [1.807, 2.05) is 23.9 Å². The van der Waals surface area contributed by atoms with Gasteiger partial charge in [-0.25, -0.2) is 9.99 Å². The molecule has 1 aliphatic rings. The number of pyridine rings is 1. The Kier molecular flexibility index (Phi) is 4.02. The van der Waals surface area contributed by atoms with E-state index >= 15 is 0 Å². The highest BCUT2D eigenvalue weighted by atomic mass is 16.2. The topological polar surface area (TPSA) is 45.3 Å². The minimum Gasteiger partial charge on any atom is -0.267 e. The van der Waals surface area contributed by atoms with Gasteiger partial charge in [0.05, 0.1) is 5.71 Å². The SMILES string of the molecule is CC1=C/C(=N\NC(=O)c2ccc[n+](C)c2)CC(C)(C)C1. The van der Waals surface area contributed by atoms with Crippen LogP contribution < -0.4 is 9.99 Å². The smallest absolute Gasteiger partial charge is 0.267 e. The molecule has 1 aromatic rings. The van der Waals surface area contributed by atoms with Crippen molar-refractivity contribution in [3.63, 3.8) is 0 Å². The molecular weight excluding hydrogens is 250 g/mol. The van der Waals surface area contributed by atoms with E-state index in [1.54, 1.807) is 12.3 Å². The van der Waals surface area contributed by atoms with Gasteiger partial charge in [-0.1, -0.05) is 19.4 Å². The van der Waals surface area contributed by atoms with Crippen LogP contribution in [-0.2, 0) is 7.05 Å². The molecule has 0 spiro atoms. The van der Waals surface area contributed by atoms with E-state index in [2.05, 4.69) is 37.4 Å². The Morgan fingerprint density at radius 1 is 1.40 bits per heavy atom. The fraction of sp³-hybridized carbons (Fsp3) is 0.438. The Labute approximate surface area is 120 Å². The van der Waals surface area contributed by atoms with Crippen molar-refractivity contribution in [1.29, 1.82) is 0 Å². The van der Waals surface area contributed by atoms with Crippen LogP contribution in [0.25, 0.3) is 0 Å². The van der Waals surface area contributed by atoms with E-state index in [0.29, 0.717) is 5.56 Å². The van der Waals surface area contributed by atoms with Crippen LogP contribution in [-0.4, -0.2) is 11.6 Å². The van der Waals surface area contributed by atoms with E-state index < -0.39 is 0 Å². The van der Waals surface area contributed by atoms with Crippen LogP contribution in [0.2, 0.25) is 0 Å². The number of rotatable bonds is 2. The first-order chi connectivity index (χ1) is 9.35. The highest BCUT2D eigenvalue weighted by Crippen LogP contribution is 2.33. The van der Waals surface area contributed by atoms with Crippen molar-refractivity contribution in [2.45, 2.75) is 33.6 Å². The molecule has 1 aliphatic carbocycles. The van der Waals surface area contributed by atoms with E-state index in [0.717, 1.165) is 18.6 Å². The number of hydrogen-bond acceptors (Lipinski definition) is 2. The standard InChI is InChI=1S/C16H21N3O/c1-12-8-14(10-16(2,3)9-12)17-18-15(20)13-6-5-7-19(4)11-13/h5-8,11H,9-10H2,1-4H3/p+1/b17-14+. The number of nitrogens with zero attached hydrogens (tertiary/aromatic N) is 2. The number of amides is 1. The third kappa shape index (κ3) is 3.76. The number of hydrogen-bond donors (Lipinski definition) is 1. The average Bonchev–Trinajstić information content (AvgIpc) is 2.33. The number of hydrazone groups is 1. The predicted octanol–water partition coefficient (Wildman–Crippen LogP) is 2.36. The maximum absolute atomic E-state index is 12.0. The van der Waals surface area contributed by atoms with Crippen LogP contribution in [0.1, 0.15) is 44.0 Å². The minimum absolute atomic E-state index is 0.178. The second-order valence-electron chi connectivity index (χ2n) is 6.31. The summed E-state index contributed by atoms with van der Waals surface area (Å²) in [6.07, 6.45) is 7.69. The van der Waals surface area contributed by atoms with E-state index in [9.17, 15) is 4.79 Å². The second-order valence-corrected chi connectivity index (χ2v) is 6.31. The molecule has 0 fully saturated rings. The molecule has 0 saturated carbocycles. The summed E-state index contributed by atoms with van der Waals surface area (Å²) in [4.78, 5) is 12.0. The van der Waals surface area contributed by atoms with Crippen LogP contribution in [0.3, 0.4) is 0 Å². The number of aromatic nitrogens is 1. The molecule has 0 atom stereocenters. The van der Waals surface area contributed by atoms with Gasteiger partial charge >= 0.3 is 0 Å². The molecule has 20 heavy (non-hydrogen) atoms. The number of allylic oxidation sites excluding steroid dienone is 2. The van der Waals surface area contributed by atoms with Gasteiger partial charge in [0.25, 0.3) is 5.91 Å². The van der Waals surface area contributed by atoms with Crippen molar-refractivity contribution in [2.75, 3.05) is 0 Å². The highest BCUT2D eigenvalue weighted by molar-refractivity contribution is 5.99. The van der Waals surface area contributed by atoms with Crippen molar-refractivity contribution in [2.24, 2.45) is 17.6 Å². The molecule has 0 aromatic carbocycles. The lowest BCUT2D eigenvalue weighted by Gasteiger charge is -2.29. The van der Waals surface area contributed by atoms with Crippen LogP contribution in [0.15, 0.2) is 41.3 Å². The third-order valence-corrected chi connectivity index (χ3v) is 3.33. The van der Waals surface area contributed by atoms with Crippen LogP contribution in [0, 0.1) is 5.41 Å². The quantitative estimate of drug-likeness (QED) is 0.652. The van der Waals surface area contributed by atoms with Crippen LogP contribution in [0.4, 0.5) is 0 Å². The summed E-state index contributed by atoms with van der Waals surface area (Å²) in [5.74, 6) is -0.178. The molecular formula is C16H22N3O+. The lowest BCUT2D eigenvalue weighted by atomic mass is 9.77. The summed E-state index contributed by atoms with van der Waals surface area (Å²) >= 11 is 0. The zero-order valence-corrected chi connectivity index (χ0v) is 12.6. The van der Waals surface area contributed by atoms with Gasteiger partial charge in [0, 0.05) is 6.07 Å². The summed E-state index contributed by atoms with van der Waals surface area (Å²) in [6, 6.07) is 3.62. The van der Waals surface area contributed by atoms with E-state index in [-0.39, 0.29) is 11.3 Å². The molecule has 1 heterocycles. The fourth-order valence-corrected chi connectivity index (χ4v) is 2.68. The molecule has 0 saturated heterocycles. The molecule has 4 heteroatoms. The molecule has 106 valence electrons. The van der Waals surface area contributed by atoms with Gasteiger partial charge < -0.3 is 0 Å². The maximum atomic E-state index is 12.0. The van der Waals surface area contributed by atoms with Gasteiger partial charge in [-0.15, -0.1) is 0 Å². The third-order valence-electron chi connectivity index (χ3n) is 3.33. The maximum Gasteiger partial charge on any atom is 0.277 e. The molecule has 1 amide bonds. The second kappa shape index (κ2) is 5.57. The van der Waals surface area contributed by atoms with Gasteiger partial charge in [-0.2, -0.15) is 5.10 Å². The molecule has 0 radical (unpaired) electrons. The Morgan fingerprint density at radius 2 is 2.15 bits per heavy atom. The number of nitrogens with one attached hydrogen (secondary N) is 1. The van der Waals surface area contributed by atoms with Crippen LogP contribution >= 0.6 is 0 Å². The summed E-state index contributed by atoms with van der Waals surface area (Å²) < 4.78 is 1.84. The summed E-state index contributed by atoms with van der Waals surface area (Å²) in [6.45, 7) is 6.55. The molecule has 2 rings (SSSR count). The Bertz CT molecular complexity index is 585. The first-order valence-electron chi connectivity index (χ1n) is 6.85. The average molecular weight is 272 g/mol. The summed E-state index contributed by atoms with van der Waals surface area (Å²) in [7, 11) is 1.89. The first kappa shape index (κ1) is 14.4. The van der Waals surface area contributed by atoms with E-state index in [1.165, 1.54) is 5.57 Å². The predicted molar refractivity (Wildman–Crippen MR) is 79.3 cm³/mol. The summed E-state index contributed by atoms with van der Waals surface area (Å²) in [5.41, 5.74) is 5.71. The van der Waals surface area contributed by atoms with Crippen molar-refractivity contribution >= 4 is 11.6 Å². The Balaban J connectivity index is 2.09. The zero-order valence-electron chi connectivity index (χ0n) is 12.6. The molecule has 4 nitrogen and oxygen atoms in total. The normalized spacial score (nSPS) is 19.6. The summed E-state index contributed by atoms with van der Waals surface area (Å²) in [5, 5.41) is 4.27. The zero-order chi connectivity index (χ0) is 14.8. The van der Waals surface area contributed by atoms with Crippen molar-refractivity contribution < 1.29 is 9.36 Å². The highest BCUT2D eigenvalue weighted by Gasteiger charge is 2.24. The molecule has 0 bridgehead atoms. The first-order valence-corrected chi connectivity index (χ1v) is 6.85. The van der Waals surface area contributed by atoms with Gasteiger partial charge in [-0.05, 0) is 37.3 Å². The Morgan fingerprint density at radius 3 is 2.80 bits per heavy atom. The number of aryl methyl sites for hydroxylation is 1. The lowest BCUT2D eigenvalue weighted by Crippen LogP contribution is -2.30. The Hall–Kier alpha value is -1.97. The number of carbonyl (C=O) groups excluding carboxylic acids is 1. The largest absolute Gasteiger partial charge is 0.277 e.